The lowest BCUT2D eigenvalue weighted by Gasteiger charge is -2.30. The van der Waals surface area contributed by atoms with Crippen molar-refractivity contribution in [2.45, 2.75) is 70.1 Å². The number of carbonyl (C=O) groups excluding carboxylic acids is 1. The third-order valence-corrected chi connectivity index (χ3v) is 6.68. The molecular weight excluding hydrogens is 496 g/mol. The Balaban J connectivity index is 1.40. The Kier molecular flexibility index (Phi) is 9.44. The summed E-state index contributed by atoms with van der Waals surface area (Å²) in [5.41, 5.74) is 1.27. The molecule has 9 nitrogen and oxygen atoms in total. The Morgan fingerprint density at radius 2 is 1.73 bits per heavy atom. The Labute approximate surface area is 219 Å². The Hall–Kier alpha value is -2.82. The van der Waals surface area contributed by atoms with E-state index in [9.17, 15) is 23.4 Å². The molecule has 0 saturated heterocycles. The summed E-state index contributed by atoms with van der Waals surface area (Å²) >= 11 is 0. The van der Waals surface area contributed by atoms with Crippen molar-refractivity contribution < 1.29 is 32.9 Å². The minimum Gasteiger partial charge on any atom is -0.506 e. The van der Waals surface area contributed by atoms with Crippen LogP contribution in [-0.2, 0) is 14.8 Å². The van der Waals surface area contributed by atoms with Gasteiger partial charge in [0, 0.05) is 18.7 Å². The van der Waals surface area contributed by atoms with Gasteiger partial charge in [-0.05, 0) is 82.2 Å². The Morgan fingerprint density at radius 3 is 2.32 bits per heavy atom. The van der Waals surface area contributed by atoms with Crippen LogP contribution in [0.1, 0.15) is 68.3 Å². The first-order chi connectivity index (χ1) is 17.3. The van der Waals surface area contributed by atoms with Gasteiger partial charge in [0.15, 0.2) is 0 Å². The summed E-state index contributed by atoms with van der Waals surface area (Å²) in [6.07, 6.45) is 4.22. The predicted octanol–water partition coefficient (Wildman–Crippen LogP) is 3.77. The number of anilines is 1. The van der Waals surface area contributed by atoms with E-state index in [4.69, 9.17) is 9.47 Å². The lowest BCUT2D eigenvalue weighted by molar-refractivity contribution is 0.00694. The molecule has 2 aromatic rings. The topological polar surface area (TPSA) is 134 Å². The van der Waals surface area contributed by atoms with Gasteiger partial charge in [-0.3, -0.25) is 4.72 Å². The summed E-state index contributed by atoms with van der Waals surface area (Å²) in [6.45, 7) is 5.95. The van der Waals surface area contributed by atoms with Crippen LogP contribution in [0.15, 0.2) is 42.5 Å². The lowest BCUT2D eigenvalue weighted by atomic mass is 9.81. The third-order valence-electron chi connectivity index (χ3n) is 6.09. The summed E-state index contributed by atoms with van der Waals surface area (Å²) < 4.78 is 36.1. The van der Waals surface area contributed by atoms with Gasteiger partial charge in [-0.25, -0.2) is 13.2 Å². The van der Waals surface area contributed by atoms with E-state index < -0.39 is 21.7 Å². The number of aliphatic hydroxyl groups is 1. The van der Waals surface area contributed by atoms with Crippen molar-refractivity contribution in [3.05, 3.63) is 53.6 Å². The van der Waals surface area contributed by atoms with Crippen molar-refractivity contribution in [3.63, 3.8) is 0 Å². The van der Waals surface area contributed by atoms with E-state index in [0.29, 0.717) is 29.8 Å². The molecule has 1 saturated carbocycles. The first-order valence-electron chi connectivity index (χ1n) is 12.5. The SMILES string of the molecule is CC(C)(C)OC(=O)c1ccc(C2CCC(NC[C@H](O)COc3ccc(O)c(NS(C)(=O)=O)c3)CC2)cc1. The molecule has 0 unspecified atom stereocenters. The molecule has 0 heterocycles. The van der Waals surface area contributed by atoms with Crippen molar-refractivity contribution in [2.24, 2.45) is 0 Å². The molecule has 2 aromatic carbocycles. The van der Waals surface area contributed by atoms with Gasteiger partial charge in [-0.15, -0.1) is 0 Å². The minimum atomic E-state index is -3.55. The number of nitrogens with one attached hydrogen (secondary N) is 2. The predicted molar refractivity (Wildman–Crippen MR) is 143 cm³/mol. The van der Waals surface area contributed by atoms with Crippen molar-refractivity contribution in [1.29, 1.82) is 0 Å². The summed E-state index contributed by atoms with van der Waals surface area (Å²) in [5, 5.41) is 23.5. The van der Waals surface area contributed by atoms with Crippen molar-refractivity contribution >= 4 is 21.7 Å². The average molecular weight is 535 g/mol. The molecule has 0 bridgehead atoms. The number of aliphatic hydroxyl groups excluding tert-OH is 1. The molecule has 10 heteroatoms. The second kappa shape index (κ2) is 12.1. The Morgan fingerprint density at radius 1 is 1.08 bits per heavy atom. The summed E-state index contributed by atoms with van der Waals surface area (Å²) in [5.74, 6) is 0.241. The van der Waals surface area contributed by atoms with Crippen LogP contribution in [0.4, 0.5) is 5.69 Å². The minimum absolute atomic E-state index is 0.0175. The molecule has 0 aromatic heterocycles. The number of benzene rings is 2. The lowest BCUT2D eigenvalue weighted by Crippen LogP contribution is -2.39. The molecule has 1 aliphatic rings. The first-order valence-corrected chi connectivity index (χ1v) is 14.4. The van der Waals surface area contributed by atoms with E-state index in [2.05, 4.69) is 10.0 Å². The van der Waals surface area contributed by atoms with E-state index in [1.807, 2.05) is 45.0 Å². The average Bonchev–Trinajstić information content (AvgIpc) is 2.82. The Bertz CT molecular complexity index is 1150. The largest absolute Gasteiger partial charge is 0.506 e. The van der Waals surface area contributed by atoms with E-state index >= 15 is 0 Å². The van der Waals surface area contributed by atoms with Gasteiger partial charge >= 0.3 is 5.97 Å². The van der Waals surface area contributed by atoms with E-state index in [1.54, 1.807) is 0 Å². The number of rotatable bonds is 10. The highest BCUT2D eigenvalue weighted by Gasteiger charge is 2.24. The molecule has 1 atom stereocenters. The fraction of sp³-hybridized carbons (Fsp3) is 0.519. The molecule has 0 aliphatic heterocycles. The van der Waals surface area contributed by atoms with Crippen LogP contribution >= 0.6 is 0 Å². The zero-order chi connectivity index (χ0) is 27.2. The molecule has 204 valence electrons. The van der Waals surface area contributed by atoms with E-state index in [0.717, 1.165) is 31.9 Å². The molecular formula is C27H38N2O7S. The van der Waals surface area contributed by atoms with Crippen molar-refractivity contribution in [3.8, 4) is 11.5 Å². The maximum Gasteiger partial charge on any atom is 0.338 e. The van der Waals surface area contributed by atoms with Crippen LogP contribution in [-0.4, -0.2) is 61.8 Å². The molecule has 0 amide bonds. The molecule has 4 N–H and O–H groups in total. The second-order valence-electron chi connectivity index (χ2n) is 10.6. The number of ether oxygens (including phenoxy) is 2. The monoisotopic (exact) mass is 534 g/mol. The zero-order valence-electron chi connectivity index (χ0n) is 21.9. The molecule has 0 radical (unpaired) electrons. The van der Waals surface area contributed by atoms with E-state index in [-0.39, 0.29) is 24.0 Å². The van der Waals surface area contributed by atoms with Crippen LogP contribution in [0.3, 0.4) is 0 Å². The highest BCUT2D eigenvalue weighted by atomic mass is 32.2. The maximum absolute atomic E-state index is 12.2. The molecule has 1 fully saturated rings. The second-order valence-corrected chi connectivity index (χ2v) is 12.3. The van der Waals surface area contributed by atoms with Crippen molar-refractivity contribution in [1.82, 2.24) is 5.32 Å². The number of sulfonamides is 1. The van der Waals surface area contributed by atoms with Gasteiger partial charge in [-0.1, -0.05) is 12.1 Å². The maximum atomic E-state index is 12.2. The van der Waals surface area contributed by atoms with Crippen molar-refractivity contribution in [2.75, 3.05) is 24.1 Å². The number of phenols is 1. The smallest absolute Gasteiger partial charge is 0.338 e. The van der Waals surface area contributed by atoms with Gasteiger partial charge in [0.1, 0.15) is 29.8 Å². The number of aromatic hydroxyl groups is 1. The first kappa shape index (κ1) is 28.7. The molecule has 1 aliphatic carbocycles. The van der Waals surface area contributed by atoms with E-state index in [1.165, 1.54) is 23.8 Å². The highest BCUT2D eigenvalue weighted by molar-refractivity contribution is 7.92. The van der Waals surface area contributed by atoms with Crippen LogP contribution in [0.5, 0.6) is 11.5 Å². The highest BCUT2D eigenvalue weighted by Crippen LogP contribution is 2.33. The van der Waals surface area contributed by atoms with Gasteiger partial charge < -0.3 is 25.0 Å². The summed E-state index contributed by atoms with van der Waals surface area (Å²) in [4.78, 5) is 12.2. The summed E-state index contributed by atoms with van der Waals surface area (Å²) in [6, 6.07) is 12.2. The normalized spacial score (nSPS) is 19.2. The van der Waals surface area contributed by atoms with Crippen LogP contribution in [0.2, 0.25) is 0 Å². The van der Waals surface area contributed by atoms with Gasteiger partial charge in [0.05, 0.1) is 17.5 Å². The van der Waals surface area contributed by atoms with Crippen LogP contribution in [0.25, 0.3) is 0 Å². The number of carbonyl (C=O) groups is 1. The summed E-state index contributed by atoms with van der Waals surface area (Å²) in [7, 11) is -3.55. The number of hydrogen-bond acceptors (Lipinski definition) is 8. The fourth-order valence-electron chi connectivity index (χ4n) is 4.30. The van der Waals surface area contributed by atoms with Gasteiger partial charge in [0.25, 0.3) is 0 Å². The fourth-order valence-corrected chi connectivity index (χ4v) is 4.86. The van der Waals surface area contributed by atoms with Crippen LogP contribution in [0, 0.1) is 0 Å². The molecule has 37 heavy (non-hydrogen) atoms. The van der Waals surface area contributed by atoms with Gasteiger partial charge in [-0.2, -0.15) is 0 Å². The quantitative estimate of drug-likeness (QED) is 0.267. The number of phenolic OH excluding ortho intramolecular Hbond substituents is 1. The van der Waals surface area contributed by atoms with Gasteiger partial charge in [0.2, 0.25) is 10.0 Å². The molecule has 3 rings (SSSR count). The number of hydrogen-bond donors (Lipinski definition) is 4. The zero-order valence-corrected chi connectivity index (χ0v) is 22.7. The third kappa shape index (κ3) is 9.53. The van der Waals surface area contributed by atoms with Crippen LogP contribution < -0.4 is 14.8 Å². The molecule has 0 spiro atoms. The standard InChI is InChI=1S/C27H38N2O7S/c1-27(2,3)36-26(32)20-7-5-18(6-8-20)19-9-11-21(12-10-19)28-16-22(30)17-35-23-13-14-25(31)24(15-23)29-37(4,33)34/h5-8,13-15,19,21-22,28-31H,9-12,16-17H2,1-4H3/t19?,21?,22-/m0/s1. The number of esters is 1.